The second kappa shape index (κ2) is 7.86. The van der Waals surface area contributed by atoms with Crippen LogP contribution in [-0.4, -0.2) is 19.8 Å². The van der Waals surface area contributed by atoms with Crippen LogP contribution in [0.4, 0.5) is 0 Å². The largest absolute Gasteiger partial charge is 0.380 e. The molecule has 3 heteroatoms. The Hall–Kier alpha value is -1.37. The molecule has 0 bridgehead atoms. The van der Waals surface area contributed by atoms with E-state index in [0.717, 1.165) is 19.8 Å². The van der Waals surface area contributed by atoms with Crippen LogP contribution < -0.4 is 5.32 Å². The van der Waals surface area contributed by atoms with Gasteiger partial charge in [0, 0.05) is 19.2 Å². The van der Waals surface area contributed by atoms with Crippen molar-refractivity contribution in [1.82, 2.24) is 5.32 Å². The summed E-state index contributed by atoms with van der Waals surface area (Å²) in [6, 6.07) is 10.1. The van der Waals surface area contributed by atoms with Crippen molar-refractivity contribution in [1.29, 1.82) is 5.26 Å². The molecule has 0 aliphatic carbocycles. The lowest BCUT2D eigenvalue weighted by Crippen LogP contribution is -2.23. The highest BCUT2D eigenvalue weighted by atomic mass is 16.5. The smallest absolute Gasteiger partial charge is 0.0991 e. The molecule has 0 aliphatic heterocycles. The van der Waals surface area contributed by atoms with E-state index in [1.165, 1.54) is 5.56 Å². The third-order valence-electron chi connectivity index (χ3n) is 2.69. The topological polar surface area (TPSA) is 45.0 Å². The Bertz CT molecular complexity index is 378. The summed E-state index contributed by atoms with van der Waals surface area (Å²) in [6.07, 6.45) is 0. The molecule has 0 heterocycles. The molecule has 1 aromatic rings. The number of ether oxygens (including phenoxy) is 1. The highest BCUT2D eigenvalue weighted by molar-refractivity contribution is 5.32. The predicted octanol–water partition coefficient (Wildman–Crippen LogP) is 2.88. The second-order valence-electron chi connectivity index (χ2n) is 4.88. The molecule has 0 aromatic heterocycles. The lowest BCUT2D eigenvalue weighted by atomic mass is 10.1. The predicted molar refractivity (Wildman–Crippen MR) is 73.2 cm³/mol. The van der Waals surface area contributed by atoms with Crippen LogP contribution in [0.2, 0.25) is 0 Å². The van der Waals surface area contributed by atoms with Gasteiger partial charge in [0.05, 0.1) is 18.2 Å². The van der Waals surface area contributed by atoms with Gasteiger partial charge in [-0.1, -0.05) is 26.0 Å². The van der Waals surface area contributed by atoms with Crippen LogP contribution in [0.25, 0.3) is 0 Å². The Morgan fingerprint density at radius 3 is 2.44 bits per heavy atom. The fourth-order valence-corrected chi connectivity index (χ4v) is 1.63. The highest BCUT2D eigenvalue weighted by Crippen LogP contribution is 2.12. The van der Waals surface area contributed by atoms with Gasteiger partial charge in [0.15, 0.2) is 0 Å². The SMILES string of the molecule is CC(C)COCCNC(C)c1ccc(C#N)cc1. The summed E-state index contributed by atoms with van der Waals surface area (Å²) in [6.45, 7) is 8.79. The molecule has 1 unspecified atom stereocenters. The van der Waals surface area contributed by atoms with Crippen LogP contribution in [0, 0.1) is 17.2 Å². The summed E-state index contributed by atoms with van der Waals surface area (Å²) in [5, 5.41) is 12.1. The summed E-state index contributed by atoms with van der Waals surface area (Å²) in [5.74, 6) is 0.584. The summed E-state index contributed by atoms with van der Waals surface area (Å²) in [7, 11) is 0. The zero-order chi connectivity index (χ0) is 13.4. The molecule has 0 saturated carbocycles. The Labute approximate surface area is 110 Å². The fraction of sp³-hybridized carbons (Fsp3) is 0.533. The molecule has 0 aliphatic rings. The van der Waals surface area contributed by atoms with E-state index in [0.29, 0.717) is 11.5 Å². The average molecular weight is 246 g/mol. The highest BCUT2D eigenvalue weighted by Gasteiger charge is 2.04. The molecule has 1 atom stereocenters. The summed E-state index contributed by atoms with van der Waals surface area (Å²) in [4.78, 5) is 0. The number of nitrogens with zero attached hydrogens (tertiary/aromatic N) is 1. The van der Waals surface area contributed by atoms with E-state index in [4.69, 9.17) is 10.00 Å². The maximum Gasteiger partial charge on any atom is 0.0991 e. The zero-order valence-electron chi connectivity index (χ0n) is 11.4. The molecule has 98 valence electrons. The normalized spacial score (nSPS) is 12.4. The Morgan fingerprint density at radius 1 is 1.22 bits per heavy atom. The molecule has 0 saturated heterocycles. The maximum absolute atomic E-state index is 8.73. The van der Waals surface area contributed by atoms with Crippen molar-refractivity contribution in [2.24, 2.45) is 5.92 Å². The molecule has 0 radical (unpaired) electrons. The van der Waals surface area contributed by atoms with Gasteiger partial charge in [-0.3, -0.25) is 0 Å². The van der Waals surface area contributed by atoms with Gasteiger partial charge in [-0.25, -0.2) is 0 Å². The summed E-state index contributed by atoms with van der Waals surface area (Å²) >= 11 is 0. The van der Waals surface area contributed by atoms with Crippen molar-refractivity contribution < 1.29 is 4.74 Å². The van der Waals surface area contributed by atoms with Gasteiger partial charge in [-0.15, -0.1) is 0 Å². The van der Waals surface area contributed by atoms with Gasteiger partial charge in [0.1, 0.15) is 0 Å². The molecular formula is C15H22N2O. The van der Waals surface area contributed by atoms with Crippen molar-refractivity contribution in [3.8, 4) is 6.07 Å². The molecule has 0 spiro atoms. The van der Waals surface area contributed by atoms with E-state index < -0.39 is 0 Å². The van der Waals surface area contributed by atoms with Crippen LogP contribution in [0.15, 0.2) is 24.3 Å². The Kier molecular flexibility index (Phi) is 6.42. The van der Waals surface area contributed by atoms with Gasteiger partial charge in [0.25, 0.3) is 0 Å². The number of hydrogen-bond donors (Lipinski definition) is 1. The van der Waals surface area contributed by atoms with E-state index >= 15 is 0 Å². The van der Waals surface area contributed by atoms with Crippen LogP contribution in [0.5, 0.6) is 0 Å². The minimum absolute atomic E-state index is 0.278. The lowest BCUT2D eigenvalue weighted by Gasteiger charge is -2.14. The summed E-state index contributed by atoms with van der Waals surface area (Å²) < 4.78 is 5.51. The number of benzene rings is 1. The van der Waals surface area contributed by atoms with Crippen molar-refractivity contribution in [2.45, 2.75) is 26.8 Å². The van der Waals surface area contributed by atoms with E-state index in [1.807, 2.05) is 24.3 Å². The third kappa shape index (κ3) is 5.31. The van der Waals surface area contributed by atoms with Crippen molar-refractivity contribution in [3.05, 3.63) is 35.4 Å². The summed E-state index contributed by atoms with van der Waals surface area (Å²) in [5.41, 5.74) is 1.89. The maximum atomic E-state index is 8.73. The lowest BCUT2D eigenvalue weighted by molar-refractivity contribution is 0.110. The van der Waals surface area contributed by atoms with E-state index in [9.17, 15) is 0 Å². The Morgan fingerprint density at radius 2 is 1.89 bits per heavy atom. The van der Waals surface area contributed by atoms with Crippen LogP contribution in [0.1, 0.15) is 37.9 Å². The molecule has 1 aromatic carbocycles. The van der Waals surface area contributed by atoms with Gasteiger partial charge >= 0.3 is 0 Å². The van der Waals surface area contributed by atoms with Crippen molar-refractivity contribution in [2.75, 3.05) is 19.8 Å². The van der Waals surface area contributed by atoms with Crippen molar-refractivity contribution >= 4 is 0 Å². The van der Waals surface area contributed by atoms with E-state index in [2.05, 4.69) is 32.2 Å². The number of hydrogen-bond acceptors (Lipinski definition) is 3. The molecule has 18 heavy (non-hydrogen) atoms. The van der Waals surface area contributed by atoms with Gasteiger partial charge < -0.3 is 10.1 Å². The molecule has 0 amide bonds. The second-order valence-corrected chi connectivity index (χ2v) is 4.88. The molecule has 0 fully saturated rings. The minimum atomic E-state index is 0.278. The quantitative estimate of drug-likeness (QED) is 0.752. The number of nitriles is 1. The van der Waals surface area contributed by atoms with Gasteiger partial charge in [-0.2, -0.15) is 5.26 Å². The van der Waals surface area contributed by atoms with Crippen LogP contribution >= 0.6 is 0 Å². The van der Waals surface area contributed by atoms with Gasteiger partial charge in [0.2, 0.25) is 0 Å². The standard InChI is InChI=1S/C15H22N2O/c1-12(2)11-18-9-8-17-13(3)15-6-4-14(10-16)5-7-15/h4-7,12-13,17H,8-9,11H2,1-3H3. The average Bonchev–Trinajstić information content (AvgIpc) is 2.38. The van der Waals surface area contributed by atoms with Crippen LogP contribution in [-0.2, 0) is 4.74 Å². The van der Waals surface area contributed by atoms with Crippen LogP contribution in [0.3, 0.4) is 0 Å². The first kappa shape index (κ1) is 14.7. The molecule has 1 N–H and O–H groups in total. The van der Waals surface area contributed by atoms with E-state index in [-0.39, 0.29) is 6.04 Å². The van der Waals surface area contributed by atoms with E-state index in [1.54, 1.807) is 0 Å². The monoisotopic (exact) mass is 246 g/mol. The first-order chi connectivity index (χ1) is 8.63. The first-order valence-corrected chi connectivity index (χ1v) is 6.44. The molecule has 1 rings (SSSR count). The third-order valence-corrected chi connectivity index (χ3v) is 2.69. The zero-order valence-corrected chi connectivity index (χ0v) is 11.4. The molecule has 3 nitrogen and oxygen atoms in total. The first-order valence-electron chi connectivity index (χ1n) is 6.44. The van der Waals surface area contributed by atoms with Crippen molar-refractivity contribution in [3.63, 3.8) is 0 Å². The Balaban J connectivity index is 2.27. The molecular weight excluding hydrogens is 224 g/mol. The number of nitrogens with one attached hydrogen (secondary N) is 1. The minimum Gasteiger partial charge on any atom is -0.380 e. The fourth-order valence-electron chi connectivity index (χ4n) is 1.63. The van der Waals surface area contributed by atoms with Gasteiger partial charge in [-0.05, 0) is 30.5 Å². The number of rotatable bonds is 7.